The van der Waals surface area contributed by atoms with Crippen molar-refractivity contribution < 1.29 is 14.3 Å². The molecule has 0 saturated carbocycles. The van der Waals surface area contributed by atoms with Crippen LogP contribution in [0.3, 0.4) is 0 Å². The number of carbonyl (C=O) groups excluding carboxylic acids is 1. The van der Waals surface area contributed by atoms with Crippen LogP contribution in [0.5, 0.6) is 11.5 Å². The number of benzene rings is 3. The van der Waals surface area contributed by atoms with Gasteiger partial charge in [0.1, 0.15) is 17.2 Å². The number of nitrogens with zero attached hydrogens (tertiary/aromatic N) is 1. The van der Waals surface area contributed by atoms with Crippen LogP contribution in [0.15, 0.2) is 66.4 Å². The van der Waals surface area contributed by atoms with E-state index in [1.807, 2.05) is 54.6 Å². The van der Waals surface area contributed by atoms with Crippen molar-refractivity contribution in [2.24, 2.45) is 0 Å². The first-order chi connectivity index (χ1) is 13.6. The zero-order valence-corrected chi connectivity index (χ0v) is 16.2. The second kappa shape index (κ2) is 7.32. The van der Waals surface area contributed by atoms with Crippen molar-refractivity contribution in [3.8, 4) is 11.5 Å². The number of anilines is 1. The number of nitrogens with one attached hydrogen (secondary N) is 1. The summed E-state index contributed by atoms with van der Waals surface area (Å²) in [6.07, 6.45) is 1.79. The SMILES string of the molecule is COc1cccc(N2C(=O)/C(=C/c3c(OC)ccc4ccccc34)NC2=S)c1. The third kappa shape index (κ3) is 3.08. The molecule has 4 rings (SSSR count). The van der Waals surface area contributed by atoms with Gasteiger partial charge in [-0.25, -0.2) is 0 Å². The van der Waals surface area contributed by atoms with Gasteiger partial charge < -0.3 is 14.8 Å². The Morgan fingerprint density at radius 3 is 2.61 bits per heavy atom. The maximum Gasteiger partial charge on any atom is 0.281 e. The molecule has 1 heterocycles. The van der Waals surface area contributed by atoms with E-state index in [1.54, 1.807) is 26.4 Å². The van der Waals surface area contributed by atoms with Crippen LogP contribution in [0.4, 0.5) is 5.69 Å². The number of fused-ring (bicyclic) bond motifs is 1. The molecule has 3 aromatic carbocycles. The third-order valence-electron chi connectivity index (χ3n) is 4.63. The third-order valence-corrected chi connectivity index (χ3v) is 4.91. The van der Waals surface area contributed by atoms with Crippen LogP contribution in [-0.4, -0.2) is 25.2 Å². The summed E-state index contributed by atoms with van der Waals surface area (Å²) in [6.45, 7) is 0. The van der Waals surface area contributed by atoms with Gasteiger partial charge in [0, 0.05) is 11.6 Å². The van der Waals surface area contributed by atoms with Gasteiger partial charge in [-0.05, 0) is 47.3 Å². The molecule has 1 N–H and O–H groups in total. The minimum Gasteiger partial charge on any atom is -0.497 e. The van der Waals surface area contributed by atoms with Crippen LogP contribution in [0.25, 0.3) is 16.8 Å². The van der Waals surface area contributed by atoms with Crippen LogP contribution in [0.1, 0.15) is 5.56 Å². The van der Waals surface area contributed by atoms with Crippen molar-refractivity contribution in [1.29, 1.82) is 0 Å². The van der Waals surface area contributed by atoms with E-state index >= 15 is 0 Å². The van der Waals surface area contributed by atoms with Gasteiger partial charge in [0.15, 0.2) is 5.11 Å². The lowest BCUT2D eigenvalue weighted by molar-refractivity contribution is -0.113. The molecule has 0 aromatic heterocycles. The van der Waals surface area contributed by atoms with Gasteiger partial charge in [0.25, 0.3) is 5.91 Å². The Hall–Kier alpha value is -3.38. The number of amides is 1. The molecule has 0 aliphatic carbocycles. The van der Waals surface area contributed by atoms with Crippen LogP contribution in [0, 0.1) is 0 Å². The second-order valence-electron chi connectivity index (χ2n) is 6.23. The van der Waals surface area contributed by atoms with Gasteiger partial charge in [0.2, 0.25) is 0 Å². The van der Waals surface area contributed by atoms with E-state index < -0.39 is 0 Å². The highest BCUT2D eigenvalue weighted by Gasteiger charge is 2.32. The fraction of sp³-hybridized carbons (Fsp3) is 0.0909. The van der Waals surface area contributed by atoms with E-state index in [4.69, 9.17) is 21.7 Å². The number of methoxy groups -OCH3 is 2. The Morgan fingerprint density at radius 2 is 1.82 bits per heavy atom. The van der Waals surface area contributed by atoms with E-state index in [9.17, 15) is 4.79 Å². The zero-order valence-electron chi connectivity index (χ0n) is 15.4. The molecule has 1 aliphatic heterocycles. The predicted molar refractivity (Wildman–Crippen MR) is 115 cm³/mol. The van der Waals surface area contributed by atoms with E-state index in [1.165, 1.54) is 4.90 Å². The maximum absolute atomic E-state index is 13.1. The number of thiocarbonyl (C=S) groups is 1. The Morgan fingerprint density at radius 1 is 1.00 bits per heavy atom. The molecule has 0 spiro atoms. The summed E-state index contributed by atoms with van der Waals surface area (Å²) >= 11 is 5.41. The fourth-order valence-corrected chi connectivity index (χ4v) is 3.56. The smallest absolute Gasteiger partial charge is 0.281 e. The number of ether oxygens (including phenoxy) is 2. The summed E-state index contributed by atoms with van der Waals surface area (Å²) in [5, 5.41) is 5.41. The van der Waals surface area contributed by atoms with E-state index in [2.05, 4.69) is 5.32 Å². The molecule has 0 bridgehead atoms. The number of rotatable bonds is 4. The lowest BCUT2D eigenvalue weighted by Crippen LogP contribution is -2.30. The zero-order chi connectivity index (χ0) is 19.7. The van der Waals surface area contributed by atoms with E-state index in [0.29, 0.717) is 28.0 Å². The first kappa shape index (κ1) is 18.0. The largest absolute Gasteiger partial charge is 0.497 e. The predicted octanol–water partition coefficient (Wildman–Crippen LogP) is 4.12. The van der Waals surface area contributed by atoms with Gasteiger partial charge in [-0.1, -0.05) is 36.4 Å². The molecule has 1 aliphatic rings. The van der Waals surface area contributed by atoms with Crippen molar-refractivity contribution in [2.45, 2.75) is 0 Å². The molecular formula is C22H18N2O3S. The fourth-order valence-electron chi connectivity index (χ4n) is 3.27. The average molecular weight is 390 g/mol. The van der Waals surface area contributed by atoms with Crippen molar-refractivity contribution in [3.63, 3.8) is 0 Å². The Balaban J connectivity index is 1.79. The monoisotopic (exact) mass is 390 g/mol. The standard InChI is InChI=1S/C22H18N2O3S/c1-26-16-8-5-7-15(12-16)24-21(25)19(23-22(24)28)13-18-17-9-4-3-6-14(17)10-11-20(18)27-2/h3-13H,1-2H3,(H,23,28)/b19-13-. The van der Waals surface area contributed by atoms with E-state index in [-0.39, 0.29) is 5.91 Å². The topological polar surface area (TPSA) is 50.8 Å². The highest BCUT2D eigenvalue weighted by atomic mass is 32.1. The van der Waals surface area contributed by atoms with Crippen molar-refractivity contribution in [1.82, 2.24) is 5.32 Å². The summed E-state index contributed by atoms with van der Waals surface area (Å²) in [7, 11) is 3.20. The van der Waals surface area contributed by atoms with Gasteiger partial charge in [0.05, 0.1) is 19.9 Å². The minimum atomic E-state index is -0.228. The van der Waals surface area contributed by atoms with Gasteiger partial charge in [-0.2, -0.15) is 0 Å². The maximum atomic E-state index is 13.1. The molecular weight excluding hydrogens is 372 g/mol. The van der Waals surface area contributed by atoms with Crippen molar-refractivity contribution in [2.75, 3.05) is 19.1 Å². The average Bonchev–Trinajstić information content (AvgIpc) is 3.01. The molecule has 1 amide bonds. The molecule has 140 valence electrons. The van der Waals surface area contributed by atoms with Gasteiger partial charge in [-0.15, -0.1) is 0 Å². The van der Waals surface area contributed by atoms with Crippen molar-refractivity contribution in [3.05, 3.63) is 71.9 Å². The number of carbonyl (C=O) groups is 1. The number of hydrogen-bond donors (Lipinski definition) is 1. The van der Waals surface area contributed by atoms with Crippen LogP contribution in [0.2, 0.25) is 0 Å². The first-order valence-corrected chi connectivity index (χ1v) is 9.10. The van der Waals surface area contributed by atoms with Gasteiger partial charge >= 0.3 is 0 Å². The van der Waals surface area contributed by atoms with Crippen LogP contribution in [-0.2, 0) is 4.79 Å². The lowest BCUT2D eigenvalue weighted by atomic mass is 10.0. The molecule has 6 heteroatoms. The summed E-state index contributed by atoms with van der Waals surface area (Å²) in [5.41, 5.74) is 1.87. The molecule has 0 atom stereocenters. The molecule has 1 fully saturated rings. The summed E-state index contributed by atoms with van der Waals surface area (Å²) in [4.78, 5) is 14.5. The molecule has 0 radical (unpaired) electrons. The molecule has 5 nitrogen and oxygen atoms in total. The Kier molecular flexibility index (Phi) is 4.71. The highest BCUT2D eigenvalue weighted by Crippen LogP contribution is 2.32. The molecule has 3 aromatic rings. The summed E-state index contributed by atoms with van der Waals surface area (Å²) in [6, 6.07) is 19.1. The van der Waals surface area contributed by atoms with Gasteiger partial charge in [-0.3, -0.25) is 9.69 Å². The molecule has 1 saturated heterocycles. The second-order valence-corrected chi connectivity index (χ2v) is 6.62. The normalized spacial score (nSPS) is 15.2. The minimum absolute atomic E-state index is 0.228. The molecule has 28 heavy (non-hydrogen) atoms. The summed E-state index contributed by atoms with van der Waals surface area (Å²) < 4.78 is 10.8. The van der Waals surface area contributed by atoms with Crippen LogP contribution >= 0.6 is 12.2 Å². The quantitative estimate of drug-likeness (QED) is 0.536. The number of hydrogen-bond acceptors (Lipinski definition) is 4. The first-order valence-electron chi connectivity index (χ1n) is 8.69. The van der Waals surface area contributed by atoms with Crippen molar-refractivity contribution >= 4 is 45.8 Å². The Labute approximate surface area is 168 Å². The highest BCUT2D eigenvalue weighted by molar-refractivity contribution is 7.80. The molecule has 0 unspecified atom stereocenters. The summed E-state index contributed by atoms with van der Waals surface area (Å²) in [5.74, 6) is 1.11. The van der Waals surface area contributed by atoms with E-state index in [0.717, 1.165) is 16.3 Å². The lowest BCUT2D eigenvalue weighted by Gasteiger charge is -2.14. The Bertz CT molecular complexity index is 1120. The van der Waals surface area contributed by atoms with Crippen LogP contribution < -0.4 is 19.7 Å².